The van der Waals surface area contributed by atoms with Crippen molar-refractivity contribution in [1.82, 2.24) is 10.0 Å². The summed E-state index contributed by atoms with van der Waals surface area (Å²) in [7, 11) is 0. The van der Waals surface area contributed by atoms with Gasteiger partial charge in [0.1, 0.15) is 6.29 Å². The standard InChI is InChI=1S/C26H30AsN3O7.C4H6O3/c1-3-4-12-22-15-16-24(28-25(32)17-14-20-9-6-5-7-10-20)26(33)30(22)23-13-8-11-21(18-23)27(34,37-35)36-29-19(2)31;5-3-1-2-4(6)7/h5-11,13,15-16,18,35H,3-4,12,14,17H2,1-2H3,(H,28,32)(H,29,31);3H,1-2H2,(H,6,7). The largest absolute Gasteiger partial charge is 0.481 e. The fraction of sp³-hybridized carbons (Fsp3) is 0.300. The fourth-order valence-electron chi connectivity index (χ4n) is 3.85. The molecule has 0 aliphatic rings. The summed E-state index contributed by atoms with van der Waals surface area (Å²) in [6, 6.07) is 18.8. The summed E-state index contributed by atoms with van der Waals surface area (Å²) in [6.45, 7) is 3.17. The summed E-state index contributed by atoms with van der Waals surface area (Å²) in [6.07, 6.45) is 3.69. The first-order valence-electron chi connectivity index (χ1n) is 13.8. The molecule has 4 N–H and O–H groups in total. The Labute approximate surface area is 257 Å². The number of carbonyl (C=O) groups excluding carboxylic acids is 3. The van der Waals surface area contributed by atoms with Crippen molar-refractivity contribution in [2.75, 3.05) is 5.32 Å². The molecule has 0 saturated carbocycles. The van der Waals surface area contributed by atoms with Gasteiger partial charge in [-0.3, -0.25) is 4.79 Å². The summed E-state index contributed by atoms with van der Waals surface area (Å²) in [4.78, 5) is 56.4. The minimum Gasteiger partial charge on any atom is -0.481 e. The van der Waals surface area contributed by atoms with E-state index in [0.717, 1.165) is 25.3 Å². The van der Waals surface area contributed by atoms with Crippen molar-refractivity contribution in [3.63, 3.8) is 0 Å². The second-order valence-electron chi connectivity index (χ2n) is 9.46. The molecule has 14 heteroatoms. The van der Waals surface area contributed by atoms with Crippen LogP contribution >= 0.6 is 0 Å². The first-order chi connectivity index (χ1) is 21.0. The Kier molecular flexibility index (Phi) is 15.0. The van der Waals surface area contributed by atoms with Crippen LogP contribution in [0, 0.1) is 0 Å². The van der Waals surface area contributed by atoms with Gasteiger partial charge in [0.05, 0.1) is 6.42 Å². The first kappa shape index (κ1) is 35.9. The van der Waals surface area contributed by atoms with Gasteiger partial charge in [0, 0.05) is 6.42 Å². The zero-order chi connectivity index (χ0) is 32.5. The van der Waals surface area contributed by atoms with Gasteiger partial charge in [-0.05, 0) is 0 Å². The number of pyridine rings is 1. The van der Waals surface area contributed by atoms with E-state index in [4.69, 9.17) is 8.93 Å². The van der Waals surface area contributed by atoms with E-state index in [1.807, 2.05) is 42.7 Å². The normalized spacial score (nSPS) is 11.8. The number of benzene rings is 2. The molecular formula is C30H36AsN3O10. The Morgan fingerprint density at radius 2 is 1.73 bits per heavy atom. The molecule has 236 valence electrons. The summed E-state index contributed by atoms with van der Waals surface area (Å²) >= 11 is -5.09. The number of unbranched alkanes of at least 4 members (excludes halogenated alkanes) is 1. The Balaban J connectivity index is 0.000000860. The third-order valence-electron chi connectivity index (χ3n) is 6.00. The monoisotopic (exact) mass is 673 g/mol. The third-order valence-corrected chi connectivity index (χ3v) is 9.06. The van der Waals surface area contributed by atoms with Crippen LogP contribution in [0.4, 0.5) is 5.69 Å². The van der Waals surface area contributed by atoms with Crippen LogP contribution < -0.4 is 20.7 Å². The number of aromatic nitrogens is 1. The molecular weight excluding hydrogens is 637 g/mol. The van der Waals surface area contributed by atoms with Gasteiger partial charge >= 0.3 is 205 Å². The van der Waals surface area contributed by atoms with Crippen molar-refractivity contribution in [2.45, 2.75) is 58.8 Å². The maximum Gasteiger partial charge on any atom is 0.303 e. The Morgan fingerprint density at radius 1 is 1.00 bits per heavy atom. The predicted molar refractivity (Wildman–Crippen MR) is 162 cm³/mol. The average molecular weight is 674 g/mol. The number of carboxylic acid groups (broad SMARTS) is 1. The number of nitrogens with one attached hydrogen (secondary N) is 2. The van der Waals surface area contributed by atoms with Crippen LogP contribution in [-0.4, -0.2) is 53.2 Å². The van der Waals surface area contributed by atoms with Crippen LogP contribution in [-0.2, 0) is 43.5 Å². The number of hydrogen-bond donors (Lipinski definition) is 4. The SMILES string of the molecule is CCCCc1ccc(NC(=O)CCc2ccccc2)c(=O)n1-c1cccc([As](=O)(OO)ONC(C)=O)c1.O=CCCC(=O)O. The average Bonchev–Trinajstić information content (AvgIpc) is 3.02. The number of carboxylic acids is 1. The molecule has 2 aromatic carbocycles. The number of aryl methyl sites for hydroxylation is 2. The summed E-state index contributed by atoms with van der Waals surface area (Å²) in [5, 5.41) is 19.9. The van der Waals surface area contributed by atoms with Gasteiger partial charge in [0.15, 0.2) is 0 Å². The van der Waals surface area contributed by atoms with Crippen LogP contribution in [0.25, 0.3) is 5.69 Å². The molecule has 2 amide bonds. The Bertz CT molecular complexity index is 1520. The molecule has 0 radical (unpaired) electrons. The topological polar surface area (TPSA) is 190 Å². The van der Waals surface area contributed by atoms with Crippen LogP contribution in [0.2, 0.25) is 0 Å². The van der Waals surface area contributed by atoms with Gasteiger partial charge in [0.2, 0.25) is 0 Å². The van der Waals surface area contributed by atoms with E-state index in [2.05, 4.69) is 9.19 Å². The molecule has 0 saturated heterocycles. The fourth-order valence-corrected chi connectivity index (χ4v) is 6.03. The number of amides is 2. The second-order valence-corrected chi connectivity index (χ2v) is 13.4. The number of carbonyl (C=O) groups is 4. The van der Waals surface area contributed by atoms with Gasteiger partial charge in [-0.2, -0.15) is 0 Å². The van der Waals surface area contributed by atoms with Crippen molar-refractivity contribution in [3.05, 3.63) is 88.3 Å². The van der Waals surface area contributed by atoms with E-state index >= 15 is 0 Å². The van der Waals surface area contributed by atoms with Crippen molar-refractivity contribution in [1.29, 1.82) is 0 Å². The number of nitrogens with zero attached hydrogens (tertiary/aromatic N) is 1. The molecule has 0 bridgehead atoms. The van der Waals surface area contributed by atoms with E-state index in [1.54, 1.807) is 18.2 Å². The maximum absolute atomic E-state index is 13.5. The number of aldehydes is 1. The van der Waals surface area contributed by atoms with Gasteiger partial charge in [0.25, 0.3) is 0 Å². The molecule has 1 unspecified atom stereocenters. The second kappa shape index (κ2) is 18.4. The van der Waals surface area contributed by atoms with Gasteiger partial charge < -0.3 is 9.90 Å². The quantitative estimate of drug-likeness (QED) is 0.0808. The van der Waals surface area contributed by atoms with Crippen LogP contribution in [0.5, 0.6) is 0 Å². The van der Waals surface area contributed by atoms with Crippen molar-refractivity contribution in [3.8, 4) is 5.69 Å². The zero-order valence-corrected chi connectivity index (χ0v) is 26.3. The molecule has 44 heavy (non-hydrogen) atoms. The molecule has 1 atom stereocenters. The van der Waals surface area contributed by atoms with E-state index in [1.165, 1.54) is 22.8 Å². The number of hydrogen-bond acceptors (Lipinski definition) is 9. The molecule has 3 rings (SSSR count). The number of aliphatic carboxylic acids is 1. The summed E-state index contributed by atoms with van der Waals surface area (Å²) in [5.74, 6) is -1.86. The minimum atomic E-state index is -5.09. The third kappa shape index (κ3) is 11.4. The first-order valence-corrected chi connectivity index (χ1v) is 17.0. The molecule has 1 heterocycles. The van der Waals surface area contributed by atoms with E-state index in [9.17, 15) is 33.0 Å². The molecule has 3 aromatic rings. The van der Waals surface area contributed by atoms with Gasteiger partial charge in [-0.1, -0.05) is 18.2 Å². The molecule has 0 aliphatic carbocycles. The zero-order valence-electron chi connectivity index (χ0n) is 24.4. The van der Waals surface area contributed by atoms with E-state index < -0.39 is 31.6 Å². The van der Waals surface area contributed by atoms with Gasteiger partial charge in [-0.15, -0.1) is 0 Å². The smallest absolute Gasteiger partial charge is 0.303 e. The van der Waals surface area contributed by atoms with Crippen LogP contribution in [0.15, 0.2) is 71.5 Å². The van der Waals surface area contributed by atoms with Crippen LogP contribution in [0.1, 0.15) is 57.2 Å². The van der Waals surface area contributed by atoms with Crippen molar-refractivity contribution in [2.24, 2.45) is 0 Å². The summed E-state index contributed by atoms with van der Waals surface area (Å²) < 4.78 is 23.5. The van der Waals surface area contributed by atoms with Crippen molar-refractivity contribution >= 4 is 48.3 Å². The molecule has 13 nitrogen and oxygen atoms in total. The molecule has 0 fully saturated rings. The Morgan fingerprint density at radius 3 is 2.32 bits per heavy atom. The molecule has 1 aromatic heterocycles. The molecule has 0 spiro atoms. The number of hydroxylamine groups is 1. The Hall–Kier alpha value is -4.29. The predicted octanol–water partition coefficient (Wildman–Crippen LogP) is 2.94. The number of anilines is 1. The van der Waals surface area contributed by atoms with Crippen molar-refractivity contribution < 1.29 is 41.0 Å². The summed E-state index contributed by atoms with van der Waals surface area (Å²) in [5.41, 5.74) is 3.59. The van der Waals surface area contributed by atoms with Crippen LogP contribution in [0.3, 0.4) is 0 Å². The van der Waals surface area contributed by atoms with Gasteiger partial charge in [-0.25, -0.2) is 0 Å². The minimum absolute atomic E-state index is 0.0301. The number of rotatable bonds is 15. The molecule has 0 aliphatic heterocycles. The van der Waals surface area contributed by atoms with E-state index in [-0.39, 0.29) is 35.2 Å². The maximum atomic E-state index is 13.5. The van der Waals surface area contributed by atoms with E-state index in [0.29, 0.717) is 30.5 Å².